The molecule has 1 aromatic rings. The van der Waals surface area contributed by atoms with Crippen molar-refractivity contribution in [3.05, 3.63) is 46.5 Å². The van der Waals surface area contributed by atoms with E-state index in [-0.39, 0.29) is 6.42 Å². The van der Waals surface area contributed by atoms with Crippen molar-refractivity contribution in [2.75, 3.05) is 0 Å². The largest absolute Gasteiger partial charge is 0.480 e. The number of benzene rings is 1. The molecule has 4 nitrogen and oxygen atoms in total. The molecule has 0 saturated heterocycles. The summed E-state index contributed by atoms with van der Waals surface area (Å²) < 4.78 is 0.672. The molecule has 0 aromatic heterocycles. The molecule has 1 rings (SSSR count). The van der Waals surface area contributed by atoms with E-state index in [9.17, 15) is 9.59 Å². The Bertz CT molecular complexity index is 485. The molecule has 0 spiro atoms. The maximum Gasteiger partial charge on any atom is 0.326 e. The first-order chi connectivity index (χ1) is 8.47. The van der Waals surface area contributed by atoms with Crippen molar-refractivity contribution < 1.29 is 14.7 Å². The van der Waals surface area contributed by atoms with Crippen molar-refractivity contribution in [3.63, 3.8) is 0 Å². The summed E-state index contributed by atoms with van der Waals surface area (Å²) in [7, 11) is 0. The van der Waals surface area contributed by atoms with Gasteiger partial charge < -0.3 is 10.4 Å². The molecule has 96 valence electrons. The number of carbonyl (C=O) groups is 2. The molecule has 1 atom stereocenters. The molecule has 18 heavy (non-hydrogen) atoms. The fourth-order valence-corrected chi connectivity index (χ4v) is 1.89. The summed E-state index contributed by atoms with van der Waals surface area (Å²) in [5, 5.41) is 11.4. The smallest absolute Gasteiger partial charge is 0.326 e. The molecule has 0 radical (unpaired) electrons. The van der Waals surface area contributed by atoms with Crippen LogP contribution in [0.2, 0.25) is 0 Å². The lowest BCUT2D eigenvalue weighted by molar-refractivity contribution is -0.139. The van der Waals surface area contributed by atoms with E-state index in [4.69, 9.17) is 5.11 Å². The van der Waals surface area contributed by atoms with E-state index in [1.165, 1.54) is 6.08 Å². The molecule has 2 N–H and O–H groups in total. The maximum absolute atomic E-state index is 12.0. The quantitative estimate of drug-likeness (QED) is 0.821. The van der Waals surface area contributed by atoms with Gasteiger partial charge >= 0.3 is 5.97 Å². The highest BCUT2D eigenvalue weighted by atomic mass is 79.9. The number of carbonyl (C=O) groups excluding carboxylic acids is 1. The molecule has 0 heterocycles. The minimum atomic E-state index is -1.08. The lowest BCUT2D eigenvalue weighted by atomic mass is 10.1. The number of aliphatic carboxylic acids is 1. The van der Waals surface area contributed by atoms with Crippen LogP contribution in [0.1, 0.15) is 22.3 Å². The number of hydrogen-bond acceptors (Lipinski definition) is 2. The van der Waals surface area contributed by atoms with Gasteiger partial charge in [-0.1, -0.05) is 18.2 Å². The first-order valence-corrected chi connectivity index (χ1v) is 6.16. The van der Waals surface area contributed by atoms with Gasteiger partial charge in [-0.3, -0.25) is 4.79 Å². The van der Waals surface area contributed by atoms with Gasteiger partial charge in [0.2, 0.25) is 0 Å². The van der Waals surface area contributed by atoms with Crippen LogP contribution in [0.3, 0.4) is 0 Å². The van der Waals surface area contributed by atoms with Crippen LogP contribution < -0.4 is 5.32 Å². The molecule has 5 heteroatoms. The molecule has 1 amide bonds. The summed E-state index contributed by atoms with van der Waals surface area (Å²) in [6.45, 7) is 5.33. The molecule has 0 aliphatic heterocycles. The minimum Gasteiger partial charge on any atom is -0.480 e. The maximum atomic E-state index is 12.0. The third kappa shape index (κ3) is 3.43. The SMILES string of the molecule is C=CCC(NC(=O)c1cccc(C)c1Br)C(=O)O. The number of aryl methyl sites for hydroxylation is 1. The van der Waals surface area contributed by atoms with Gasteiger partial charge in [0.15, 0.2) is 0 Å². The molecule has 0 saturated carbocycles. The number of carboxylic acids is 1. The van der Waals surface area contributed by atoms with Crippen LogP contribution in [0.4, 0.5) is 0 Å². The van der Waals surface area contributed by atoms with Crippen LogP contribution in [0.5, 0.6) is 0 Å². The van der Waals surface area contributed by atoms with E-state index in [0.29, 0.717) is 10.0 Å². The van der Waals surface area contributed by atoms with Gasteiger partial charge in [-0.15, -0.1) is 6.58 Å². The number of nitrogens with one attached hydrogen (secondary N) is 1. The standard InChI is InChI=1S/C13H14BrNO3/c1-3-5-10(13(17)18)15-12(16)9-7-4-6-8(2)11(9)14/h3-4,6-7,10H,1,5H2,2H3,(H,15,16)(H,17,18). The highest BCUT2D eigenvalue weighted by molar-refractivity contribution is 9.10. The van der Waals surface area contributed by atoms with Gasteiger partial charge in [0.1, 0.15) is 6.04 Å². The summed E-state index contributed by atoms with van der Waals surface area (Å²) in [6.07, 6.45) is 1.65. The topological polar surface area (TPSA) is 66.4 Å². The average molecular weight is 312 g/mol. The first kappa shape index (κ1) is 14.4. The van der Waals surface area contributed by atoms with E-state index < -0.39 is 17.9 Å². The number of carboxylic acid groups (broad SMARTS) is 1. The Morgan fingerprint density at radius 2 is 2.22 bits per heavy atom. The summed E-state index contributed by atoms with van der Waals surface area (Å²) >= 11 is 3.32. The van der Waals surface area contributed by atoms with Crippen LogP contribution in [0.25, 0.3) is 0 Å². The van der Waals surface area contributed by atoms with E-state index in [1.807, 2.05) is 13.0 Å². The van der Waals surface area contributed by atoms with Gasteiger partial charge in [-0.25, -0.2) is 4.79 Å². The Hall–Kier alpha value is -1.62. The fraction of sp³-hybridized carbons (Fsp3) is 0.231. The average Bonchev–Trinajstić information content (AvgIpc) is 2.31. The van der Waals surface area contributed by atoms with E-state index in [2.05, 4.69) is 27.8 Å². The van der Waals surface area contributed by atoms with Crippen molar-refractivity contribution in [2.45, 2.75) is 19.4 Å². The monoisotopic (exact) mass is 311 g/mol. The second-order valence-corrected chi connectivity index (χ2v) is 4.62. The van der Waals surface area contributed by atoms with Crippen molar-refractivity contribution >= 4 is 27.8 Å². The summed E-state index contributed by atoms with van der Waals surface area (Å²) in [5.41, 5.74) is 1.34. The van der Waals surface area contributed by atoms with Crippen LogP contribution in [0, 0.1) is 6.92 Å². The molecular formula is C13H14BrNO3. The van der Waals surface area contributed by atoms with Gasteiger partial charge in [0.25, 0.3) is 5.91 Å². The lowest BCUT2D eigenvalue weighted by Gasteiger charge is -2.13. The molecule has 0 aliphatic carbocycles. The molecule has 1 aromatic carbocycles. The van der Waals surface area contributed by atoms with Crippen LogP contribution >= 0.6 is 15.9 Å². The van der Waals surface area contributed by atoms with Gasteiger partial charge in [0, 0.05) is 4.47 Å². The van der Waals surface area contributed by atoms with Crippen molar-refractivity contribution in [3.8, 4) is 0 Å². The normalized spacial score (nSPS) is 11.7. The fourth-order valence-electron chi connectivity index (χ4n) is 1.45. The molecule has 0 fully saturated rings. The third-order valence-corrected chi connectivity index (χ3v) is 3.49. The van der Waals surface area contributed by atoms with Crippen molar-refractivity contribution in [1.82, 2.24) is 5.32 Å². The van der Waals surface area contributed by atoms with Gasteiger partial charge in [-0.2, -0.15) is 0 Å². The predicted molar refractivity (Wildman–Crippen MR) is 72.6 cm³/mol. The van der Waals surface area contributed by atoms with Gasteiger partial charge in [0.05, 0.1) is 5.56 Å². The van der Waals surface area contributed by atoms with Crippen LogP contribution in [-0.2, 0) is 4.79 Å². The molecular weight excluding hydrogens is 298 g/mol. The minimum absolute atomic E-state index is 0.185. The summed E-state index contributed by atoms with van der Waals surface area (Å²) in [6, 6.07) is 4.29. The highest BCUT2D eigenvalue weighted by Crippen LogP contribution is 2.21. The van der Waals surface area contributed by atoms with Crippen LogP contribution in [-0.4, -0.2) is 23.0 Å². The lowest BCUT2D eigenvalue weighted by Crippen LogP contribution is -2.40. The number of amides is 1. The third-order valence-electron chi connectivity index (χ3n) is 2.44. The second-order valence-electron chi connectivity index (χ2n) is 3.83. The van der Waals surface area contributed by atoms with Crippen molar-refractivity contribution in [1.29, 1.82) is 0 Å². The summed E-state index contributed by atoms with van der Waals surface area (Å²) in [4.78, 5) is 22.9. The zero-order valence-electron chi connectivity index (χ0n) is 9.94. The number of hydrogen-bond donors (Lipinski definition) is 2. The predicted octanol–water partition coefficient (Wildman–Crippen LogP) is 2.52. The molecule has 1 unspecified atom stereocenters. The Labute approximate surface area is 114 Å². The second kappa shape index (κ2) is 6.35. The van der Waals surface area contributed by atoms with Crippen LogP contribution in [0.15, 0.2) is 35.3 Å². The zero-order valence-corrected chi connectivity index (χ0v) is 11.5. The Morgan fingerprint density at radius 3 is 2.78 bits per heavy atom. The van der Waals surface area contributed by atoms with Crippen molar-refractivity contribution in [2.24, 2.45) is 0 Å². The van der Waals surface area contributed by atoms with E-state index in [1.54, 1.807) is 12.1 Å². The summed E-state index contributed by atoms with van der Waals surface area (Å²) in [5.74, 6) is -1.49. The zero-order chi connectivity index (χ0) is 13.7. The Kier molecular flexibility index (Phi) is 5.09. The molecule has 0 bridgehead atoms. The molecule has 0 aliphatic rings. The first-order valence-electron chi connectivity index (χ1n) is 5.37. The Morgan fingerprint density at radius 1 is 1.56 bits per heavy atom. The van der Waals surface area contributed by atoms with Gasteiger partial charge in [-0.05, 0) is 40.9 Å². The van der Waals surface area contributed by atoms with E-state index >= 15 is 0 Å². The van der Waals surface area contributed by atoms with E-state index in [0.717, 1.165) is 5.56 Å². The highest BCUT2D eigenvalue weighted by Gasteiger charge is 2.20. The number of rotatable bonds is 5. The number of halogens is 1. The Balaban J connectivity index is 2.90.